The molecule has 0 spiro atoms. The molecule has 0 aromatic heterocycles. The van der Waals surface area contributed by atoms with E-state index >= 15 is 0 Å². The Morgan fingerprint density at radius 2 is 1.88 bits per heavy atom. The van der Waals surface area contributed by atoms with Crippen LogP contribution in [0.15, 0.2) is 0 Å². The van der Waals surface area contributed by atoms with Gasteiger partial charge in [0, 0.05) is 0 Å². The van der Waals surface area contributed by atoms with Crippen LogP contribution in [0.1, 0.15) is 34.1 Å². The summed E-state index contributed by atoms with van der Waals surface area (Å²) >= 11 is 0. The van der Waals surface area contributed by atoms with E-state index in [9.17, 15) is 14.7 Å². The number of hydrogen-bond donors (Lipinski definition) is 2. The quantitative estimate of drug-likeness (QED) is 0.718. The second-order valence-electron chi connectivity index (χ2n) is 4.63. The number of esters is 1. The molecule has 0 aromatic rings. The first kappa shape index (κ1) is 15.7. The average molecular weight is 247 g/mol. The molecular formula is C11H21NO5. The number of hydrogen-bond acceptors (Lipinski definition) is 5. The van der Waals surface area contributed by atoms with Crippen LogP contribution in [0.4, 0.5) is 4.79 Å². The van der Waals surface area contributed by atoms with Gasteiger partial charge in [0.25, 0.3) is 0 Å². The molecule has 0 rings (SSSR count). The minimum atomic E-state index is -1.39. The highest BCUT2D eigenvalue weighted by Crippen LogP contribution is 2.08. The van der Waals surface area contributed by atoms with Gasteiger partial charge in [0.2, 0.25) is 0 Å². The number of carbonyl (C=O) groups excluding carboxylic acids is 2. The second kappa shape index (κ2) is 6.44. The zero-order chi connectivity index (χ0) is 13.6. The molecule has 0 aliphatic carbocycles. The minimum absolute atomic E-state index is 0.384. The molecule has 2 N–H and O–H groups in total. The normalized spacial score (nSPS) is 14.7. The highest BCUT2D eigenvalue weighted by atomic mass is 16.6. The zero-order valence-corrected chi connectivity index (χ0v) is 10.9. The monoisotopic (exact) mass is 247 g/mol. The van der Waals surface area contributed by atoms with E-state index < -0.39 is 29.8 Å². The van der Waals surface area contributed by atoms with Crippen molar-refractivity contribution in [1.82, 2.24) is 5.32 Å². The highest BCUT2D eigenvalue weighted by molar-refractivity contribution is 5.76. The van der Waals surface area contributed by atoms with Gasteiger partial charge in [-0.3, -0.25) is 0 Å². The SMILES string of the molecule is CCC(NC(=O)OC(C)(C)C)C(O)C(=O)OC. The molecule has 0 saturated heterocycles. The Hall–Kier alpha value is -1.30. The fraction of sp³-hybridized carbons (Fsp3) is 0.818. The van der Waals surface area contributed by atoms with Crippen molar-refractivity contribution >= 4 is 12.1 Å². The van der Waals surface area contributed by atoms with Gasteiger partial charge in [-0.25, -0.2) is 9.59 Å². The molecular weight excluding hydrogens is 226 g/mol. The number of amides is 1. The minimum Gasteiger partial charge on any atom is -0.467 e. The summed E-state index contributed by atoms with van der Waals surface area (Å²) in [4.78, 5) is 22.6. The van der Waals surface area contributed by atoms with Crippen molar-refractivity contribution in [3.05, 3.63) is 0 Å². The highest BCUT2D eigenvalue weighted by Gasteiger charge is 2.28. The average Bonchev–Trinajstić information content (AvgIpc) is 2.21. The van der Waals surface area contributed by atoms with E-state index in [0.29, 0.717) is 6.42 Å². The van der Waals surface area contributed by atoms with Gasteiger partial charge in [0.05, 0.1) is 13.2 Å². The van der Waals surface area contributed by atoms with Gasteiger partial charge in [-0.05, 0) is 27.2 Å². The fourth-order valence-corrected chi connectivity index (χ4v) is 1.15. The molecule has 17 heavy (non-hydrogen) atoms. The van der Waals surface area contributed by atoms with Crippen molar-refractivity contribution in [3.63, 3.8) is 0 Å². The summed E-state index contributed by atoms with van der Waals surface area (Å²) in [6.45, 7) is 6.91. The molecule has 2 unspecified atom stereocenters. The third kappa shape index (κ3) is 6.11. The molecule has 1 amide bonds. The Kier molecular flexibility index (Phi) is 5.95. The maximum absolute atomic E-state index is 11.4. The lowest BCUT2D eigenvalue weighted by atomic mass is 10.1. The third-order valence-corrected chi connectivity index (χ3v) is 1.97. The van der Waals surface area contributed by atoms with Gasteiger partial charge in [-0.2, -0.15) is 0 Å². The van der Waals surface area contributed by atoms with Crippen LogP contribution in [0.25, 0.3) is 0 Å². The lowest BCUT2D eigenvalue weighted by Gasteiger charge is -2.24. The molecule has 2 atom stereocenters. The first-order chi connectivity index (χ1) is 7.71. The summed E-state index contributed by atoms with van der Waals surface area (Å²) in [5.74, 6) is -0.784. The molecule has 0 heterocycles. The summed E-state index contributed by atoms with van der Waals surface area (Å²) in [5, 5.41) is 12.0. The first-order valence-corrected chi connectivity index (χ1v) is 5.46. The van der Waals surface area contributed by atoms with E-state index in [-0.39, 0.29) is 0 Å². The topological polar surface area (TPSA) is 84.9 Å². The van der Waals surface area contributed by atoms with Gasteiger partial charge in [0.15, 0.2) is 6.10 Å². The number of methoxy groups -OCH3 is 1. The molecule has 6 nitrogen and oxygen atoms in total. The molecule has 0 bridgehead atoms. The number of ether oxygens (including phenoxy) is 2. The van der Waals surface area contributed by atoms with Crippen LogP contribution >= 0.6 is 0 Å². The smallest absolute Gasteiger partial charge is 0.407 e. The summed E-state index contributed by atoms with van der Waals surface area (Å²) in [6, 6.07) is -0.725. The third-order valence-electron chi connectivity index (χ3n) is 1.97. The largest absolute Gasteiger partial charge is 0.467 e. The molecule has 0 saturated carbocycles. The van der Waals surface area contributed by atoms with Crippen molar-refractivity contribution in [2.45, 2.75) is 51.9 Å². The predicted octanol–water partition coefficient (Wildman–Crippen LogP) is 0.824. The van der Waals surface area contributed by atoms with E-state index in [2.05, 4.69) is 10.1 Å². The van der Waals surface area contributed by atoms with E-state index in [1.807, 2.05) is 0 Å². The summed E-state index contributed by atoms with van der Waals surface area (Å²) < 4.78 is 9.42. The standard InChI is InChI=1S/C11H21NO5/c1-6-7(8(13)9(14)16-5)12-10(15)17-11(2,3)4/h7-8,13H,6H2,1-5H3,(H,12,15). The lowest BCUT2D eigenvalue weighted by molar-refractivity contribution is -0.151. The number of nitrogens with one attached hydrogen (secondary N) is 1. The van der Waals surface area contributed by atoms with Crippen LogP contribution in [0.5, 0.6) is 0 Å². The second-order valence-corrected chi connectivity index (χ2v) is 4.63. The van der Waals surface area contributed by atoms with Crippen molar-refractivity contribution in [2.24, 2.45) is 0 Å². The van der Waals surface area contributed by atoms with E-state index in [1.54, 1.807) is 27.7 Å². The Balaban J connectivity index is 4.40. The molecule has 0 fully saturated rings. The Labute approximate surface area is 101 Å². The zero-order valence-electron chi connectivity index (χ0n) is 10.9. The number of rotatable bonds is 4. The van der Waals surface area contributed by atoms with E-state index in [0.717, 1.165) is 0 Å². The Morgan fingerprint density at radius 3 is 2.24 bits per heavy atom. The van der Waals surface area contributed by atoms with Crippen LogP contribution in [-0.2, 0) is 14.3 Å². The maximum atomic E-state index is 11.4. The van der Waals surface area contributed by atoms with Crippen molar-refractivity contribution in [2.75, 3.05) is 7.11 Å². The lowest BCUT2D eigenvalue weighted by Crippen LogP contribution is -2.48. The van der Waals surface area contributed by atoms with Crippen LogP contribution in [0.3, 0.4) is 0 Å². The van der Waals surface area contributed by atoms with Gasteiger partial charge in [-0.15, -0.1) is 0 Å². The van der Waals surface area contributed by atoms with Crippen LogP contribution < -0.4 is 5.32 Å². The van der Waals surface area contributed by atoms with Crippen molar-refractivity contribution in [3.8, 4) is 0 Å². The molecule has 0 aliphatic heterocycles. The molecule has 0 aromatic carbocycles. The van der Waals surface area contributed by atoms with Gasteiger partial charge in [0.1, 0.15) is 5.60 Å². The summed E-state index contributed by atoms with van der Waals surface area (Å²) in [6.07, 6.45) is -1.68. The first-order valence-electron chi connectivity index (χ1n) is 5.46. The molecule has 100 valence electrons. The predicted molar refractivity (Wildman–Crippen MR) is 61.5 cm³/mol. The number of alkyl carbamates (subject to hydrolysis) is 1. The Morgan fingerprint density at radius 1 is 1.35 bits per heavy atom. The summed E-state index contributed by atoms with van der Waals surface area (Å²) in [7, 11) is 1.17. The van der Waals surface area contributed by atoms with Crippen LogP contribution in [0.2, 0.25) is 0 Å². The van der Waals surface area contributed by atoms with E-state index in [4.69, 9.17) is 4.74 Å². The van der Waals surface area contributed by atoms with Gasteiger partial charge >= 0.3 is 12.1 Å². The fourth-order valence-electron chi connectivity index (χ4n) is 1.15. The molecule has 6 heteroatoms. The number of aliphatic hydroxyl groups excluding tert-OH is 1. The molecule has 0 radical (unpaired) electrons. The summed E-state index contributed by atoms with van der Waals surface area (Å²) in [5.41, 5.74) is -0.626. The van der Waals surface area contributed by atoms with Crippen LogP contribution in [-0.4, -0.2) is 42.0 Å². The van der Waals surface area contributed by atoms with E-state index in [1.165, 1.54) is 7.11 Å². The van der Waals surface area contributed by atoms with Gasteiger partial charge < -0.3 is 19.9 Å². The molecule has 0 aliphatic rings. The maximum Gasteiger partial charge on any atom is 0.407 e. The van der Waals surface area contributed by atoms with Crippen molar-refractivity contribution < 1.29 is 24.2 Å². The number of carbonyl (C=O) groups is 2. The van der Waals surface area contributed by atoms with Crippen molar-refractivity contribution in [1.29, 1.82) is 0 Å². The Bertz CT molecular complexity index is 272. The number of aliphatic hydroxyl groups is 1. The van der Waals surface area contributed by atoms with Crippen LogP contribution in [0, 0.1) is 0 Å². The van der Waals surface area contributed by atoms with Gasteiger partial charge in [-0.1, -0.05) is 6.92 Å².